The number of hydrogen-bond acceptors (Lipinski definition) is 7. The number of furan rings is 1. The van der Waals surface area contributed by atoms with Gasteiger partial charge in [-0.3, -0.25) is 19.3 Å². The van der Waals surface area contributed by atoms with Crippen molar-refractivity contribution >= 4 is 34.8 Å². The van der Waals surface area contributed by atoms with Gasteiger partial charge in [0.15, 0.2) is 0 Å². The van der Waals surface area contributed by atoms with Crippen LogP contribution in [0.15, 0.2) is 71.3 Å². The van der Waals surface area contributed by atoms with Gasteiger partial charge in [0.2, 0.25) is 5.91 Å². The van der Waals surface area contributed by atoms with E-state index >= 15 is 0 Å². The van der Waals surface area contributed by atoms with Crippen LogP contribution in [0.2, 0.25) is 0 Å². The van der Waals surface area contributed by atoms with Crippen LogP contribution in [0.25, 0.3) is 0 Å². The number of anilines is 3. The van der Waals surface area contributed by atoms with Gasteiger partial charge >= 0.3 is 11.8 Å². The molecule has 10 nitrogen and oxygen atoms in total. The molecule has 2 heterocycles. The Morgan fingerprint density at radius 1 is 0.892 bits per heavy atom. The first-order chi connectivity index (χ1) is 17.9. The second-order valence-corrected chi connectivity index (χ2v) is 8.67. The number of methoxy groups -OCH3 is 1. The maximum absolute atomic E-state index is 12.6. The van der Waals surface area contributed by atoms with Crippen molar-refractivity contribution in [1.82, 2.24) is 10.2 Å². The SMILES string of the molecule is COc1ccc(N2CCN(C(CNC(=O)C(=O)Nc3ccc(NC(C)=O)cc3)c3ccco3)CC2)cc1. The molecular weight excluding hydrogens is 474 g/mol. The number of benzene rings is 2. The van der Waals surface area contributed by atoms with E-state index in [-0.39, 0.29) is 18.5 Å². The highest BCUT2D eigenvalue weighted by atomic mass is 16.5. The Labute approximate surface area is 215 Å². The van der Waals surface area contributed by atoms with Gasteiger partial charge in [-0.1, -0.05) is 0 Å². The Morgan fingerprint density at radius 2 is 1.54 bits per heavy atom. The lowest BCUT2D eigenvalue weighted by molar-refractivity contribution is -0.136. The Kier molecular flexibility index (Phi) is 8.42. The zero-order valence-electron chi connectivity index (χ0n) is 20.9. The fourth-order valence-corrected chi connectivity index (χ4v) is 4.27. The van der Waals surface area contributed by atoms with Gasteiger partial charge in [-0.15, -0.1) is 0 Å². The minimum Gasteiger partial charge on any atom is -0.497 e. The lowest BCUT2D eigenvalue weighted by Crippen LogP contribution is -2.50. The second-order valence-electron chi connectivity index (χ2n) is 8.67. The molecule has 0 saturated carbocycles. The van der Waals surface area contributed by atoms with Gasteiger partial charge in [0.05, 0.1) is 19.4 Å². The summed E-state index contributed by atoms with van der Waals surface area (Å²) in [5.41, 5.74) is 2.18. The predicted octanol–water partition coefficient (Wildman–Crippen LogP) is 2.86. The van der Waals surface area contributed by atoms with E-state index in [1.54, 1.807) is 37.6 Å². The van der Waals surface area contributed by atoms with Crippen LogP contribution < -0.4 is 25.6 Å². The van der Waals surface area contributed by atoms with Crippen molar-refractivity contribution < 1.29 is 23.5 Å². The molecule has 37 heavy (non-hydrogen) atoms. The third kappa shape index (κ3) is 6.89. The van der Waals surface area contributed by atoms with Gasteiger partial charge in [-0.05, 0) is 60.7 Å². The molecule has 3 aromatic rings. The molecule has 10 heteroatoms. The summed E-state index contributed by atoms with van der Waals surface area (Å²) < 4.78 is 10.9. The predicted molar refractivity (Wildman–Crippen MR) is 141 cm³/mol. The molecule has 0 radical (unpaired) electrons. The van der Waals surface area contributed by atoms with Gasteiger partial charge in [0.25, 0.3) is 0 Å². The summed E-state index contributed by atoms with van der Waals surface area (Å²) in [5.74, 6) is -0.146. The number of nitrogens with one attached hydrogen (secondary N) is 3. The standard InChI is InChI=1S/C27H31N5O5/c1-19(33)29-20-5-7-21(8-6-20)30-27(35)26(34)28-18-24(25-4-3-17-37-25)32-15-13-31(14-16-32)22-9-11-23(36-2)12-10-22/h3-12,17,24H,13-16,18H2,1-2H3,(H,28,34)(H,29,33)(H,30,35). The molecule has 1 aromatic heterocycles. The van der Waals surface area contributed by atoms with E-state index < -0.39 is 11.8 Å². The van der Waals surface area contributed by atoms with Crippen molar-refractivity contribution in [3.8, 4) is 5.75 Å². The molecule has 1 fully saturated rings. The Morgan fingerprint density at radius 3 is 2.11 bits per heavy atom. The van der Waals surface area contributed by atoms with Gasteiger partial charge in [-0.2, -0.15) is 0 Å². The van der Waals surface area contributed by atoms with E-state index in [0.717, 1.165) is 43.4 Å². The first-order valence-corrected chi connectivity index (χ1v) is 12.1. The number of nitrogens with zero attached hydrogens (tertiary/aromatic N) is 2. The summed E-state index contributed by atoms with van der Waals surface area (Å²) >= 11 is 0. The molecule has 3 amide bonds. The minimum absolute atomic E-state index is 0.190. The fraction of sp³-hybridized carbons (Fsp3) is 0.296. The van der Waals surface area contributed by atoms with E-state index in [1.165, 1.54) is 6.92 Å². The van der Waals surface area contributed by atoms with Gasteiger partial charge < -0.3 is 30.0 Å². The number of amides is 3. The molecule has 4 rings (SSSR count). The van der Waals surface area contributed by atoms with Crippen molar-refractivity contribution in [2.24, 2.45) is 0 Å². The lowest BCUT2D eigenvalue weighted by Gasteiger charge is -2.39. The van der Waals surface area contributed by atoms with Crippen molar-refractivity contribution in [1.29, 1.82) is 0 Å². The van der Waals surface area contributed by atoms with Crippen LogP contribution in [0.4, 0.5) is 17.1 Å². The van der Waals surface area contributed by atoms with E-state index in [9.17, 15) is 14.4 Å². The number of piperazine rings is 1. The van der Waals surface area contributed by atoms with E-state index in [2.05, 4.69) is 25.8 Å². The molecule has 1 aliphatic rings. The molecule has 0 aliphatic carbocycles. The fourth-order valence-electron chi connectivity index (χ4n) is 4.27. The van der Waals surface area contributed by atoms with Crippen molar-refractivity contribution in [2.75, 3.05) is 55.4 Å². The maximum Gasteiger partial charge on any atom is 0.313 e. The van der Waals surface area contributed by atoms with Crippen molar-refractivity contribution in [3.05, 3.63) is 72.7 Å². The number of ether oxygens (including phenoxy) is 1. The summed E-state index contributed by atoms with van der Waals surface area (Å²) in [7, 11) is 1.65. The van der Waals surface area contributed by atoms with Crippen LogP contribution in [-0.4, -0.2) is 62.5 Å². The maximum atomic E-state index is 12.6. The molecule has 1 unspecified atom stereocenters. The molecular formula is C27H31N5O5. The number of carbonyl (C=O) groups excluding carboxylic acids is 3. The van der Waals surface area contributed by atoms with Crippen LogP contribution in [0.1, 0.15) is 18.7 Å². The third-order valence-corrected chi connectivity index (χ3v) is 6.19. The molecule has 194 valence electrons. The van der Waals surface area contributed by atoms with Crippen molar-refractivity contribution in [3.63, 3.8) is 0 Å². The summed E-state index contributed by atoms with van der Waals surface area (Å²) in [5, 5.41) is 7.97. The van der Waals surface area contributed by atoms with Gasteiger partial charge in [0.1, 0.15) is 11.5 Å². The number of hydrogen-bond donors (Lipinski definition) is 3. The number of rotatable bonds is 8. The highest BCUT2D eigenvalue weighted by Crippen LogP contribution is 2.25. The highest BCUT2D eigenvalue weighted by Gasteiger charge is 2.28. The zero-order chi connectivity index (χ0) is 26.2. The Balaban J connectivity index is 1.32. The van der Waals surface area contributed by atoms with Crippen LogP contribution in [0.3, 0.4) is 0 Å². The quantitative estimate of drug-likeness (QED) is 0.403. The lowest BCUT2D eigenvalue weighted by atomic mass is 10.1. The largest absolute Gasteiger partial charge is 0.497 e. The molecule has 0 spiro atoms. The third-order valence-electron chi connectivity index (χ3n) is 6.19. The van der Waals surface area contributed by atoms with Crippen molar-refractivity contribution in [2.45, 2.75) is 13.0 Å². The van der Waals surface area contributed by atoms with E-state index in [4.69, 9.17) is 9.15 Å². The highest BCUT2D eigenvalue weighted by molar-refractivity contribution is 6.39. The average Bonchev–Trinajstić information content (AvgIpc) is 3.44. The monoisotopic (exact) mass is 505 g/mol. The number of carbonyl (C=O) groups is 3. The molecule has 1 saturated heterocycles. The molecule has 1 aliphatic heterocycles. The summed E-state index contributed by atoms with van der Waals surface area (Å²) in [6, 6.07) is 18.0. The smallest absolute Gasteiger partial charge is 0.313 e. The summed E-state index contributed by atoms with van der Waals surface area (Å²) in [4.78, 5) is 40.7. The summed E-state index contributed by atoms with van der Waals surface area (Å²) in [6.07, 6.45) is 1.61. The molecule has 0 bridgehead atoms. The van der Waals surface area contributed by atoms with Crippen LogP contribution in [-0.2, 0) is 14.4 Å². The molecule has 1 atom stereocenters. The van der Waals surface area contributed by atoms with Gasteiger partial charge in [0, 0.05) is 56.7 Å². The molecule has 3 N–H and O–H groups in total. The molecule has 2 aromatic carbocycles. The second kappa shape index (κ2) is 12.1. The first kappa shape index (κ1) is 25.8. The normalized spacial score (nSPS) is 14.5. The van der Waals surface area contributed by atoms with Crippen LogP contribution in [0, 0.1) is 0 Å². The summed E-state index contributed by atoms with van der Waals surface area (Å²) in [6.45, 7) is 4.79. The zero-order valence-corrected chi connectivity index (χ0v) is 20.9. The first-order valence-electron chi connectivity index (χ1n) is 12.1. The van der Waals surface area contributed by atoms with E-state index in [0.29, 0.717) is 11.4 Å². The topological polar surface area (TPSA) is 116 Å². The Hall–Kier alpha value is -4.31. The average molecular weight is 506 g/mol. The Bertz CT molecular complexity index is 1190. The van der Waals surface area contributed by atoms with Crippen LogP contribution >= 0.6 is 0 Å². The minimum atomic E-state index is -0.769. The van der Waals surface area contributed by atoms with Gasteiger partial charge in [-0.25, -0.2) is 0 Å². The van der Waals surface area contributed by atoms with Crippen LogP contribution in [0.5, 0.6) is 5.75 Å². The van der Waals surface area contributed by atoms with E-state index in [1.807, 2.05) is 36.4 Å².